The molecule has 0 amide bonds. The highest BCUT2D eigenvalue weighted by atomic mass is 16.3. The summed E-state index contributed by atoms with van der Waals surface area (Å²) in [5.41, 5.74) is 1.80. The van der Waals surface area contributed by atoms with Gasteiger partial charge in [0.15, 0.2) is 0 Å². The Bertz CT molecular complexity index is 501. The molecule has 2 unspecified atom stereocenters. The summed E-state index contributed by atoms with van der Waals surface area (Å²) in [6.45, 7) is 1.84. The largest absolute Gasteiger partial charge is 0.393 e. The first-order valence-corrected chi connectivity index (χ1v) is 7.72. The van der Waals surface area contributed by atoms with Gasteiger partial charge >= 0.3 is 0 Å². The summed E-state index contributed by atoms with van der Waals surface area (Å²) in [6, 6.07) is 9.71. The molecule has 3 nitrogen and oxygen atoms in total. The van der Waals surface area contributed by atoms with Gasteiger partial charge in [-0.25, -0.2) is 0 Å². The molecule has 1 fully saturated rings. The van der Waals surface area contributed by atoms with Crippen molar-refractivity contribution in [1.29, 1.82) is 5.26 Å². The highest BCUT2D eigenvalue weighted by Crippen LogP contribution is 2.24. The quantitative estimate of drug-likeness (QED) is 0.904. The van der Waals surface area contributed by atoms with Crippen molar-refractivity contribution in [3.63, 3.8) is 0 Å². The van der Waals surface area contributed by atoms with Crippen LogP contribution >= 0.6 is 0 Å². The zero-order chi connectivity index (χ0) is 15.1. The van der Waals surface area contributed by atoms with Crippen LogP contribution in [-0.4, -0.2) is 36.2 Å². The average Bonchev–Trinajstić information content (AvgIpc) is 2.50. The summed E-state index contributed by atoms with van der Waals surface area (Å²) in [7, 11) is 2.10. The first-order valence-electron chi connectivity index (χ1n) is 7.72. The Labute approximate surface area is 127 Å². The van der Waals surface area contributed by atoms with E-state index in [2.05, 4.69) is 30.2 Å². The lowest BCUT2D eigenvalue weighted by Crippen LogP contribution is -2.35. The van der Waals surface area contributed by atoms with Crippen molar-refractivity contribution < 1.29 is 5.11 Å². The Morgan fingerprint density at radius 1 is 1.29 bits per heavy atom. The van der Waals surface area contributed by atoms with Gasteiger partial charge in [0.2, 0.25) is 0 Å². The Kier molecular flexibility index (Phi) is 5.98. The molecule has 0 heterocycles. The van der Waals surface area contributed by atoms with E-state index in [1.54, 1.807) is 0 Å². The molecule has 3 heteroatoms. The van der Waals surface area contributed by atoms with E-state index in [0.717, 1.165) is 31.5 Å². The molecule has 2 rings (SSSR count). The maximum Gasteiger partial charge on any atom is 0.0991 e. The fraction of sp³-hybridized carbons (Fsp3) is 0.500. The second-order valence-electron chi connectivity index (χ2n) is 5.97. The van der Waals surface area contributed by atoms with E-state index in [9.17, 15) is 5.11 Å². The van der Waals surface area contributed by atoms with Gasteiger partial charge in [0.05, 0.1) is 17.7 Å². The third-order valence-corrected chi connectivity index (χ3v) is 4.18. The maximum atomic E-state index is 10.00. The molecule has 112 valence electrons. The van der Waals surface area contributed by atoms with E-state index in [-0.39, 0.29) is 6.10 Å². The van der Waals surface area contributed by atoms with Crippen LogP contribution in [0.4, 0.5) is 0 Å². The van der Waals surface area contributed by atoms with Gasteiger partial charge in [-0.05, 0) is 43.5 Å². The van der Waals surface area contributed by atoms with Crippen LogP contribution in [0.3, 0.4) is 0 Å². The second-order valence-corrected chi connectivity index (χ2v) is 5.97. The number of aliphatic hydroxyl groups is 1. The fourth-order valence-corrected chi connectivity index (χ4v) is 2.91. The fourth-order valence-electron chi connectivity index (χ4n) is 2.91. The average molecular weight is 284 g/mol. The van der Waals surface area contributed by atoms with Crippen molar-refractivity contribution in [2.24, 2.45) is 5.92 Å². The molecule has 21 heavy (non-hydrogen) atoms. The number of aliphatic hydroxyl groups excluding tert-OH is 1. The highest BCUT2D eigenvalue weighted by Gasteiger charge is 2.23. The number of nitriles is 1. The van der Waals surface area contributed by atoms with Crippen molar-refractivity contribution in [2.75, 3.05) is 20.1 Å². The van der Waals surface area contributed by atoms with Crippen LogP contribution in [0.25, 0.3) is 6.08 Å². The number of hydrogen-bond acceptors (Lipinski definition) is 3. The molecule has 0 spiro atoms. The lowest BCUT2D eigenvalue weighted by Gasteiger charge is -2.30. The van der Waals surface area contributed by atoms with Gasteiger partial charge in [0.1, 0.15) is 0 Å². The Hall–Kier alpha value is -1.63. The summed E-state index contributed by atoms with van der Waals surface area (Å²) < 4.78 is 0. The maximum absolute atomic E-state index is 10.00. The van der Waals surface area contributed by atoms with Crippen LogP contribution in [-0.2, 0) is 0 Å². The molecular weight excluding hydrogens is 260 g/mol. The molecule has 0 saturated heterocycles. The monoisotopic (exact) mass is 284 g/mol. The number of likely N-dealkylation sites (N-methyl/N-ethyl adjacent to an activating group) is 1. The van der Waals surface area contributed by atoms with Gasteiger partial charge in [-0.3, -0.25) is 0 Å². The van der Waals surface area contributed by atoms with Crippen molar-refractivity contribution in [3.05, 3.63) is 41.5 Å². The molecule has 1 aromatic carbocycles. The lowest BCUT2D eigenvalue weighted by molar-refractivity contribution is 0.0533. The molecule has 1 aromatic rings. The van der Waals surface area contributed by atoms with Crippen molar-refractivity contribution >= 4 is 6.08 Å². The summed E-state index contributed by atoms with van der Waals surface area (Å²) in [6.07, 6.45) is 8.61. The molecule has 2 atom stereocenters. The standard InChI is InChI=1S/C18H24N2O/c1-20(14-17-6-2-3-7-18(17)21)12-4-5-15-8-10-16(13-19)11-9-15/h4-5,8-11,17-18,21H,2-3,6-7,12,14H2,1H3/b5-4+. The first-order chi connectivity index (χ1) is 10.2. The van der Waals surface area contributed by atoms with Gasteiger partial charge in [-0.1, -0.05) is 37.1 Å². The smallest absolute Gasteiger partial charge is 0.0991 e. The van der Waals surface area contributed by atoms with E-state index < -0.39 is 0 Å². The SMILES string of the molecule is CN(C/C=C/c1ccc(C#N)cc1)CC1CCCCC1O. The summed E-state index contributed by atoms with van der Waals surface area (Å²) in [4.78, 5) is 2.26. The molecule has 0 radical (unpaired) electrons. The van der Waals surface area contributed by atoms with Crippen LogP contribution in [0.15, 0.2) is 30.3 Å². The van der Waals surface area contributed by atoms with Gasteiger partial charge < -0.3 is 10.0 Å². The molecule has 1 aliphatic rings. The van der Waals surface area contributed by atoms with Gasteiger partial charge in [-0.15, -0.1) is 0 Å². The van der Waals surface area contributed by atoms with Crippen LogP contribution in [0.2, 0.25) is 0 Å². The minimum atomic E-state index is -0.122. The van der Waals surface area contributed by atoms with E-state index in [1.165, 1.54) is 12.8 Å². The van der Waals surface area contributed by atoms with Gasteiger partial charge in [0, 0.05) is 13.1 Å². The molecule has 0 aromatic heterocycles. The Morgan fingerprint density at radius 3 is 2.67 bits per heavy atom. The molecule has 0 aliphatic heterocycles. The van der Waals surface area contributed by atoms with Crippen LogP contribution < -0.4 is 0 Å². The molecular formula is C18H24N2O. The summed E-state index contributed by atoms with van der Waals surface area (Å²) in [5, 5.41) is 18.8. The third-order valence-electron chi connectivity index (χ3n) is 4.18. The zero-order valence-corrected chi connectivity index (χ0v) is 12.7. The molecule has 1 N–H and O–H groups in total. The highest BCUT2D eigenvalue weighted by molar-refractivity contribution is 5.51. The van der Waals surface area contributed by atoms with Crippen molar-refractivity contribution in [3.8, 4) is 6.07 Å². The van der Waals surface area contributed by atoms with Gasteiger partial charge in [0.25, 0.3) is 0 Å². The van der Waals surface area contributed by atoms with Gasteiger partial charge in [-0.2, -0.15) is 5.26 Å². The normalized spacial score (nSPS) is 22.6. The van der Waals surface area contributed by atoms with E-state index in [1.807, 2.05) is 24.3 Å². The number of rotatable bonds is 5. The summed E-state index contributed by atoms with van der Waals surface area (Å²) >= 11 is 0. The minimum Gasteiger partial charge on any atom is -0.393 e. The van der Waals surface area contributed by atoms with Crippen LogP contribution in [0.5, 0.6) is 0 Å². The topological polar surface area (TPSA) is 47.3 Å². The summed E-state index contributed by atoms with van der Waals surface area (Å²) in [5.74, 6) is 0.423. The van der Waals surface area contributed by atoms with Crippen LogP contribution in [0.1, 0.15) is 36.8 Å². The number of benzene rings is 1. The number of hydrogen-bond donors (Lipinski definition) is 1. The molecule has 0 bridgehead atoms. The second kappa shape index (κ2) is 7.97. The van der Waals surface area contributed by atoms with Crippen molar-refractivity contribution in [1.82, 2.24) is 4.90 Å². The first kappa shape index (κ1) is 15.8. The molecule has 1 saturated carbocycles. The lowest BCUT2D eigenvalue weighted by atomic mass is 9.86. The Morgan fingerprint density at radius 2 is 2.00 bits per heavy atom. The zero-order valence-electron chi connectivity index (χ0n) is 12.7. The number of nitrogens with zero attached hydrogens (tertiary/aromatic N) is 2. The Balaban J connectivity index is 1.78. The molecule has 1 aliphatic carbocycles. The van der Waals surface area contributed by atoms with E-state index in [0.29, 0.717) is 11.5 Å². The third kappa shape index (κ3) is 5.00. The van der Waals surface area contributed by atoms with Crippen molar-refractivity contribution in [2.45, 2.75) is 31.8 Å². The van der Waals surface area contributed by atoms with E-state index in [4.69, 9.17) is 5.26 Å². The predicted octanol–water partition coefficient (Wildman–Crippen LogP) is 3.05. The predicted molar refractivity (Wildman–Crippen MR) is 85.7 cm³/mol. The van der Waals surface area contributed by atoms with Crippen LogP contribution in [0, 0.1) is 17.2 Å². The van der Waals surface area contributed by atoms with E-state index >= 15 is 0 Å². The minimum absolute atomic E-state index is 0.122.